The number of hydrogen-bond acceptors (Lipinski definition) is 11. The molecule has 3 aromatic heterocycles. The van der Waals surface area contributed by atoms with E-state index in [4.69, 9.17) is 19.4 Å². The molecule has 61 heavy (non-hydrogen) atoms. The van der Waals surface area contributed by atoms with Crippen molar-refractivity contribution in [3.05, 3.63) is 58.2 Å². The van der Waals surface area contributed by atoms with E-state index in [-0.39, 0.29) is 85.6 Å². The molecule has 20 heteroatoms. The molecule has 2 saturated heterocycles. The highest BCUT2D eigenvalue weighted by Crippen LogP contribution is 2.42. The fraction of sp³-hybridized carbons (Fsp3) is 0.537. The summed E-state index contributed by atoms with van der Waals surface area (Å²) in [5, 5.41) is 8.06. The minimum Gasteiger partial charge on any atom is -0.464 e. The van der Waals surface area contributed by atoms with E-state index in [2.05, 4.69) is 60.3 Å². The van der Waals surface area contributed by atoms with Gasteiger partial charge in [-0.05, 0) is 75.8 Å². The number of ether oxygens (including phenoxy) is 2. The van der Waals surface area contributed by atoms with E-state index in [1.165, 1.54) is 20.7 Å². The van der Waals surface area contributed by atoms with Crippen LogP contribution in [0.5, 0.6) is 0 Å². The van der Waals surface area contributed by atoms with Gasteiger partial charge in [0.05, 0.1) is 47.0 Å². The number of carbonyl (C=O) groups excluding carboxylic acids is 3. The molecule has 3 aliphatic rings. The van der Waals surface area contributed by atoms with Crippen LogP contribution >= 0.6 is 65.3 Å². The molecule has 4 aromatic rings. The van der Waals surface area contributed by atoms with Crippen molar-refractivity contribution in [3.63, 3.8) is 0 Å². The van der Waals surface area contributed by atoms with Crippen LogP contribution in [0.15, 0.2) is 41.9 Å². The van der Waals surface area contributed by atoms with E-state index in [0.29, 0.717) is 56.7 Å². The van der Waals surface area contributed by atoms with Crippen LogP contribution in [0.4, 0.5) is 0 Å². The summed E-state index contributed by atoms with van der Waals surface area (Å²) in [6.07, 6.45) is 5.48. The molecule has 4 atom stereocenters. The minimum atomic E-state index is -3.48. The van der Waals surface area contributed by atoms with Gasteiger partial charge in [-0.3, -0.25) is 24.4 Å². The summed E-state index contributed by atoms with van der Waals surface area (Å²) in [6.45, 7) is 9.90. The van der Waals surface area contributed by atoms with Crippen LogP contribution in [0.25, 0.3) is 33.4 Å². The average molecular weight is 956 g/mol. The lowest BCUT2D eigenvalue weighted by molar-refractivity contribution is -0.155. The number of hydrogen-bond donors (Lipinski definition) is 2. The van der Waals surface area contributed by atoms with Crippen molar-refractivity contribution in [2.45, 2.75) is 91.0 Å². The summed E-state index contributed by atoms with van der Waals surface area (Å²) in [6, 6.07) is 8.63. The second kappa shape index (κ2) is 21.7. The van der Waals surface area contributed by atoms with Gasteiger partial charge in [-0.1, -0.05) is 19.9 Å². The Morgan fingerprint density at radius 2 is 1.85 bits per heavy atom. The minimum absolute atomic E-state index is 0. The van der Waals surface area contributed by atoms with Gasteiger partial charge in [0.25, 0.3) is 5.91 Å². The molecule has 0 unspecified atom stereocenters. The monoisotopic (exact) mass is 955 g/mol. The normalized spacial score (nSPS) is 21.3. The Kier molecular flexibility index (Phi) is 18.7. The van der Waals surface area contributed by atoms with E-state index in [1.54, 1.807) is 13.3 Å². The van der Waals surface area contributed by atoms with E-state index >= 15 is 0 Å². The molecule has 2 amide bonds. The topological polar surface area (TPSA) is 165 Å². The van der Waals surface area contributed by atoms with Gasteiger partial charge in [0.2, 0.25) is 15.9 Å². The van der Waals surface area contributed by atoms with E-state index < -0.39 is 45.3 Å². The molecule has 2 fully saturated rings. The number of benzene rings is 1. The molecule has 6 bridgehead atoms. The predicted molar refractivity (Wildman–Crippen MR) is 260 cm³/mol. The summed E-state index contributed by atoms with van der Waals surface area (Å²) in [7, 11) is -1.80. The number of pyridine rings is 1. The number of nitrogens with one attached hydrogen (secondary N) is 2. The van der Waals surface area contributed by atoms with Gasteiger partial charge in [-0.25, -0.2) is 23.1 Å². The molecule has 6 heterocycles. The Bertz CT molecular complexity index is 2290. The lowest BCUT2D eigenvalue weighted by Gasteiger charge is -2.36. The average Bonchev–Trinajstić information content (AvgIpc) is 3.80. The maximum absolute atomic E-state index is 14.3. The molecular weight excluding hydrogens is 895 g/mol. The third-order valence-electron chi connectivity index (χ3n) is 11.4. The summed E-state index contributed by atoms with van der Waals surface area (Å²) >= 11 is 1.41. The fourth-order valence-electron chi connectivity index (χ4n) is 8.31. The van der Waals surface area contributed by atoms with Crippen molar-refractivity contribution < 1.29 is 32.3 Å². The SMILES string of the molecule is CCn1c(-c2cccnc2[C@H](C)OC)c2c3cc(ccc31)-c1csc(n1)C[C@H](NC(=O)[C@H]1CCCN(S(C)(=O)=O)C1)C(=O)N1CCC[C@H](N1)C(=O)OCC(C)(C)C2.S.S.S.S. The van der Waals surface area contributed by atoms with Crippen LogP contribution in [-0.2, 0) is 53.3 Å². The largest absolute Gasteiger partial charge is 0.464 e. The zero-order chi connectivity index (χ0) is 40.6. The molecule has 0 radical (unpaired) electrons. The summed E-state index contributed by atoms with van der Waals surface area (Å²) in [5.74, 6) is -1.84. The number of carbonyl (C=O) groups is 3. The molecule has 338 valence electrons. The molecule has 2 N–H and O–H groups in total. The Hall–Kier alpha value is -2.82. The second-order valence-electron chi connectivity index (χ2n) is 16.2. The first-order valence-corrected chi connectivity index (χ1v) is 22.5. The van der Waals surface area contributed by atoms with E-state index in [0.717, 1.165) is 50.9 Å². The molecule has 0 aliphatic carbocycles. The van der Waals surface area contributed by atoms with Crippen molar-refractivity contribution in [1.82, 2.24) is 34.6 Å². The number of aryl methyl sites for hydroxylation is 1. The predicted octanol–water partition coefficient (Wildman–Crippen LogP) is 5.33. The molecule has 0 spiro atoms. The lowest BCUT2D eigenvalue weighted by Crippen LogP contribution is -2.61. The second-order valence-corrected chi connectivity index (χ2v) is 19.2. The van der Waals surface area contributed by atoms with Crippen LogP contribution in [0, 0.1) is 11.3 Å². The highest BCUT2D eigenvalue weighted by Gasteiger charge is 2.37. The summed E-state index contributed by atoms with van der Waals surface area (Å²) in [4.78, 5) is 51.6. The number of thiazole rings is 1. The molecule has 1 aromatic carbocycles. The molecule has 14 nitrogen and oxygen atoms in total. The molecular formula is C41H61N7O7S6. The van der Waals surface area contributed by atoms with E-state index in [1.807, 2.05) is 18.4 Å². The van der Waals surface area contributed by atoms with Crippen molar-refractivity contribution >= 4 is 104 Å². The van der Waals surface area contributed by atoms with Crippen LogP contribution in [0.3, 0.4) is 0 Å². The number of cyclic esters (lactones) is 1. The Balaban J connectivity index is 0.00000248. The summed E-state index contributed by atoms with van der Waals surface area (Å²) in [5.41, 5.74) is 9.30. The standard InChI is InChI=1S/C41H53N7O7S2.4H2S/c1-7-47-34-15-14-26-19-29(34)30(37(47)28-12-8-16-42-36(28)25(2)54-5)21-41(3,4)24-55-40(51)31-13-10-18-48(45-31)39(50)32(20-35-43-33(26)23-56-35)44-38(49)27-11-9-17-46(22-27)57(6,52)53;;;;/h8,12,14-16,19,23,25,27,31-32,45H,7,9-11,13,17-18,20-22,24H2,1-6H3,(H,44,49);4*1H2/t25-,27-,31-,32-;;;;/m0..../s1. The number of esters is 1. The number of piperidine rings is 1. The fourth-order valence-corrected chi connectivity index (χ4v) is 10.1. The van der Waals surface area contributed by atoms with Crippen molar-refractivity contribution in [1.29, 1.82) is 0 Å². The Labute approximate surface area is 391 Å². The van der Waals surface area contributed by atoms with Crippen LogP contribution in [0.1, 0.15) is 75.7 Å². The third kappa shape index (κ3) is 11.5. The van der Waals surface area contributed by atoms with Gasteiger partial charge in [0.15, 0.2) is 0 Å². The van der Waals surface area contributed by atoms with Gasteiger partial charge in [0, 0.05) is 78.7 Å². The number of hydrazine groups is 1. The van der Waals surface area contributed by atoms with Crippen LogP contribution in [-0.4, -0.2) is 102 Å². The number of aromatic nitrogens is 3. The third-order valence-corrected chi connectivity index (χ3v) is 13.5. The summed E-state index contributed by atoms with van der Waals surface area (Å²) < 4.78 is 40.1. The van der Waals surface area contributed by atoms with Crippen molar-refractivity contribution in [2.24, 2.45) is 11.3 Å². The maximum Gasteiger partial charge on any atom is 0.324 e. The molecule has 0 saturated carbocycles. The first-order valence-electron chi connectivity index (χ1n) is 19.7. The Morgan fingerprint density at radius 1 is 1.11 bits per heavy atom. The highest BCUT2D eigenvalue weighted by molar-refractivity contribution is 7.88. The van der Waals surface area contributed by atoms with Gasteiger partial charge >= 0.3 is 5.97 Å². The molecule has 7 rings (SSSR count). The van der Waals surface area contributed by atoms with Crippen molar-refractivity contribution in [3.8, 4) is 22.5 Å². The number of fused-ring (bicyclic) bond motifs is 6. The maximum atomic E-state index is 14.3. The first kappa shape index (κ1) is 52.5. The van der Waals surface area contributed by atoms with Crippen molar-refractivity contribution in [2.75, 3.05) is 39.6 Å². The van der Waals surface area contributed by atoms with Gasteiger partial charge in [-0.15, -0.1) is 11.3 Å². The van der Waals surface area contributed by atoms with Crippen LogP contribution < -0.4 is 10.7 Å². The zero-order valence-electron chi connectivity index (χ0n) is 35.5. The number of methoxy groups -OCH3 is 1. The smallest absolute Gasteiger partial charge is 0.324 e. The quantitative estimate of drug-likeness (QED) is 0.232. The van der Waals surface area contributed by atoms with Crippen LogP contribution in [0.2, 0.25) is 0 Å². The van der Waals surface area contributed by atoms with Gasteiger partial charge in [-0.2, -0.15) is 54.0 Å². The zero-order valence-corrected chi connectivity index (χ0v) is 41.2. The number of nitrogens with zero attached hydrogens (tertiary/aromatic N) is 5. The highest BCUT2D eigenvalue weighted by atomic mass is 32.2. The lowest BCUT2D eigenvalue weighted by atomic mass is 9.84. The number of amides is 2. The number of sulfonamides is 1. The number of rotatable bonds is 7. The Morgan fingerprint density at radius 3 is 2.56 bits per heavy atom. The van der Waals surface area contributed by atoms with Gasteiger partial charge < -0.3 is 19.4 Å². The first-order chi connectivity index (χ1) is 27.2. The van der Waals surface area contributed by atoms with Gasteiger partial charge in [0.1, 0.15) is 12.1 Å². The van der Waals surface area contributed by atoms with E-state index in [9.17, 15) is 22.8 Å². The molecule has 3 aliphatic heterocycles.